The second-order valence-electron chi connectivity index (χ2n) is 4.52. The van der Waals surface area contributed by atoms with Gasteiger partial charge in [-0.15, -0.1) is 6.58 Å². The minimum Gasteiger partial charge on any atom is -0.288 e. The number of nitrogens with zero attached hydrogens (tertiary/aromatic N) is 1. The van der Waals surface area contributed by atoms with Crippen LogP contribution in [0.3, 0.4) is 0 Å². The normalized spacial score (nSPS) is 11.4. The van der Waals surface area contributed by atoms with Crippen LogP contribution in [0.25, 0.3) is 21.5 Å². The Morgan fingerprint density at radius 1 is 0.895 bits per heavy atom. The predicted octanol–water partition coefficient (Wildman–Crippen LogP) is 4.60. The molecule has 3 rings (SSSR count). The van der Waals surface area contributed by atoms with Crippen LogP contribution < -0.4 is 0 Å². The summed E-state index contributed by atoms with van der Waals surface area (Å²) in [5.41, 5.74) is 1.19. The summed E-state index contributed by atoms with van der Waals surface area (Å²) in [6.07, 6.45) is 3.77. The smallest absolute Gasteiger partial charge is 0.0567 e. The largest absolute Gasteiger partial charge is 0.288 e. The van der Waals surface area contributed by atoms with Crippen LogP contribution >= 0.6 is 0 Å². The van der Waals surface area contributed by atoms with Gasteiger partial charge in [0.25, 0.3) is 0 Å². The van der Waals surface area contributed by atoms with Crippen molar-refractivity contribution in [2.75, 3.05) is 6.54 Å². The van der Waals surface area contributed by atoms with Gasteiger partial charge in [0.1, 0.15) is 0 Å². The number of hydrogen-bond donors (Lipinski definition) is 0. The lowest BCUT2D eigenvalue weighted by atomic mass is 9.97. The van der Waals surface area contributed by atoms with Crippen molar-refractivity contribution < 1.29 is 0 Å². The van der Waals surface area contributed by atoms with Crippen molar-refractivity contribution in [2.24, 2.45) is 4.99 Å². The first-order chi connectivity index (χ1) is 9.40. The van der Waals surface area contributed by atoms with Gasteiger partial charge in [-0.2, -0.15) is 0 Å². The molecule has 19 heavy (non-hydrogen) atoms. The Kier molecular flexibility index (Phi) is 3.11. The summed E-state index contributed by atoms with van der Waals surface area (Å²) in [6, 6.07) is 19.1. The van der Waals surface area contributed by atoms with Gasteiger partial charge in [-0.3, -0.25) is 4.99 Å². The molecule has 0 spiro atoms. The molecule has 0 aliphatic heterocycles. The molecule has 0 heterocycles. The Bertz CT molecular complexity index is 715. The molecule has 3 aromatic rings. The Balaban J connectivity index is 2.36. The standard InChI is InChI=1S/C18H15N/c1-2-11-19-13-18-16-9-5-3-7-14(16)12-15-8-4-6-10-17(15)18/h2-10,12-13H,1,11H2. The Labute approximate surface area is 112 Å². The first-order valence-corrected chi connectivity index (χ1v) is 6.41. The van der Waals surface area contributed by atoms with Gasteiger partial charge in [-0.05, 0) is 27.6 Å². The van der Waals surface area contributed by atoms with E-state index in [1.165, 1.54) is 27.1 Å². The molecule has 3 aromatic carbocycles. The van der Waals surface area contributed by atoms with Crippen molar-refractivity contribution in [1.29, 1.82) is 0 Å². The minimum atomic E-state index is 0.650. The highest BCUT2D eigenvalue weighted by atomic mass is 14.7. The summed E-state index contributed by atoms with van der Waals surface area (Å²) in [7, 11) is 0. The highest BCUT2D eigenvalue weighted by molar-refractivity contribution is 6.13. The average molecular weight is 245 g/mol. The summed E-state index contributed by atoms with van der Waals surface area (Å²) in [6.45, 7) is 4.35. The van der Waals surface area contributed by atoms with Gasteiger partial charge < -0.3 is 0 Å². The van der Waals surface area contributed by atoms with Crippen molar-refractivity contribution in [3.8, 4) is 0 Å². The lowest BCUT2D eigenvalue weighted by Gasteiger charge is -2.07. The number of aliphatic imine (C=N–C) groups is 1. The van der Waals surface area contributed by atoms with Crippen molar-refractivity contribution in [3.63, 3.8) is 0 Å². The molecule has 0 unspecified atom stereocenters. The molecule has 0 atom stereocenters. The van der Waals surface area contributed by atoms with Crippen LogP contribution in [0.15, 0.2) is 72.2 Å². The first-order valence-electron chi connectivity index (χ1n) is 6.41. The van der Waals surface area contributed by atoms with Crippen molar-refractivity contribution in [2.45, 2.75) is 0 Å². The second-order valence-corrected chi connectivity index (χ2v) is 4.52. The third-order valence-electron chi connectivity index (χ3n) is 3.27. The summed E-state index contributed by atoms with van der Waals surface area (Å²) in [4.78, 5) is 4.42. The molecule has 0 bridgehead atoms. The molecule has 0 fully saturated rings. The minimum absolute atomic E-state index is 0.650. The molecule has 0 amide bonds. The van der Waals surface area contributed by atoms with Crippen LogP contribution in [-0.4, -0.2) is 12.8 Å². The molecule has 0 saturated carbocycles. The molecule has 0 aliphatic carbocycles. The van der Waals surface area contributed by atoms with E-state index in [0.29, 0.717) is 6.54 Å². The lowest BCUT2D eigenvalue weighted by Crippen LogP contribution is -1.89. The fourth-order valence-electron chi connectivity index (χ4n) is 2.41. The maximum absolute atomic E-state index is 4.42. The van der Waals surface area contributed by atoms with E-state index in [4.69, 9.17) is 0 Å². The van der Waals surface area contributed by atoms with Gasteiger partial charge in [0, 0.05) is 11.8 Å². The van der Waals surface area contributed by atoms with E-state index in [-0.39, 0.29) is 0 Å². The predicted molar refractivity (Wildman–Crippen MR) is 84.1 cm³/mol. The summed E-state index contributed by atoms with van der Waals surface area (Å²) in [5.74, 6) is 0. The van der Waals surface area contributed by atoms with Crippen LogP contribution in [0.4, 0.5) is 0 Å². The summed E-state index contributed by atoms with van der Waals surface area (Å²) >= 11 is 0. The van der Waals surface area contributed by atoms with Gasteiger partial charge in [0.15, 0.2) is 0 Å². The number of benzene rings is 3. The van der Waals surface area contributed by atoms with Crippen LogP contribution in [0, 0.1) is 0 Å². The zero-order valence-corrected chi connectivity index (χ0v) is 10.7. The van der Waals surface area contributed by atoms with E-state index in [0.717, 1.165) is 0 Å². The number of fused-ring (bicyclic) bond motifs is 2. The van der Waals surface area contributed by atoms with Gasteiger partial charge in [0.05, 0.1) is 6.54 Å². The van der Waals surface area contributed by atoms with Crippen molar-refractivity contribution in [1.82, 2.24) is 0 Å². The van der Waals surface area contributed by atoms with Gasteiger partial charge in [-0.1, -0.05) is 54.6 Å². The molecule has 1 heteroatoms. The monoisotopic (exact) mass is 245 g/mol. The van der Waals surface area contributed by atoms with E-state index in [9.17, 15) is 0 Å². The zero-order valence-electron chi connectivity index (χ0n) is 10.7. The summed E-state index contributed by atoms with van der Waals surface area (Å²) in [5, 5.41) is 4.99. The Hall–Kier alpha value is -2.41. The zero-order chi connectivity index (χ0) is 13.1. The molecule has 0 N–H and O–H groups in total. The van der Waals surface area contributed by atoms with E-state index >= 15 is 0 Å². The molecule has 92 valence electrons. The van der Waals surface area contributed by atoms with E-state index in [1.807, 2.05) is 12.3 Å². The molecular weight excluding hydrogens is 230 g/mol. The van der Waals surface area contributed by atoms with E-state index in [2.05, 4.69) is 66.2 Å². The van der Waals surface area contributed by atoms with Crippen LogP contribution in [-0.2, 0) is 0 Å². The maximum atomic E-state index is 4.42. The number of rotatable bonds is 3. The molecule has 0 aliphatic rings. The SMILES string of the molecule is C=CCN=Cc1c2ccccc2cc2ccccc12. The Morgan fingerprint density at radius 2 is 1.47 bits per heavy atom. The second kappa shape index (κ2) is 5.07. The molecule has 0 aromatic heterocycles. The van der Waals surface area contributed by atoms with Crippen LogP contribution in [0.1, 0.15) is 5.56 Å². The quantitative estimate of drug-likeness (QED) is 0.363. The molecule has 1 nitrogen and oxygen atoms in total. The van der Waals surface area contributed by atoms with Gasteiger partial charge >= 0.3 is 0 Å². The van der Waals surface area contributed by atoms with Gasteiger partial charge in [0.2, 0.25) is 0 Å². The highest BCUT2D eigenvalue weighted by Gasteiger charge is 2.04. The fourth-order valence-corrected chi connectivity index (χ4v) is 2.41. The average Bonchev–Trinajstić information content (AvgIpc) is 2.46. The number of hydrogen-bond acceptors (Lipinski definition) is 1. The topological polar surface area (TPSA) is 12.4 Å². The fraction of sp³-hybridized carbons (Fsp3) is 0.0556. The third kappa shape index (κ3) is 2.15. The molecular formula is C18H15N. The van der Waals surface area contributed by atoms with Crippen LogP contribution in [0.5, 0.6) is 0 Å². The van der Waals surface area contributed by atoms with E-state index < -0.39 is 0 Å². The first kappa shape index (κ1) is 11.7. The van der Waals surface area contributed by atoms with Crippen LogP contribution in [0.2, 0.25) is 0 Å². The van der Waals surface area contributed by atoms with Crippen molar-refractivity contribution >= 4 is 27.8 Å². The Morgan fingerprint density at radius 3 is 2.05 bits per heavy atom. The van der Waals surface area contributed by atoms with Crippen molar-refractivity contribution in [3.05, 3.63) is 72.8 Å². The van der Waals surface area contributed by atoms with Gasteiger partial charge in [-0.25, -0.2) is 0 Å². The lowest BCUT2D eigenvalue weighted by molar-refractivity contribution is 1.26. The molecule has 0 radical (unpaired) electrons. The third-order valence-corrected chi connectivity index (χ3v) is 3.27. The van der Waals surface area contributed by atoms with E-state index in [1.54, 1.807) is 0 Å². The highest BCUT2D eigenvalue weighted by Crippen LogP contribution is 2.27. The molecule has 0 saturated heterocycles. The maximum Gasteiger partial charge on any atom is 0.0567 e. The summed E-state index contributed by atoms with van der Waals surface area (Å²) < 4.78 is 0.